The van der Waals surface area contributed by atoms with Gasteiger partial charge >= 0.3 is 0 Å². The van der Waals surface area contributed by atoms with Gasteiger partial charge in [-0.25, -0.2) is 18.1 Å². The Bertz CT molecular complexity index is 796. The molecule has 0 saturated carbocycles. The van der Waals surface area contributed by atoms with Crippen LogP contribution < -0.4 is 15.4 Å². The lowest BCUT2D eigenvalue weighted by molar-refractivity contribution is -0.777. The minimum atomic E-state index is -3.51. The quantitative estimate of drug-likeness (QED) is 0.210. The molecule has 1 aromatic heterocycles. The zero-order valence-electron chi connectivity index (χ0n) is 12.4. The molecule has 3 N–H and O–H groups in total. The molecule has 0 spiro atoms. The van der Waals surface area contributed by atoms with E-state index in [4.69, 9.17) is 0 Å². The van der Waals surface area contributed by atoms with Crippen molar-refractivity contribution in [3.63, 3.8) is 0 Å². The Balaban J connectivity index is 2.04. The average molecular weight is 370 g/mol. The van der Waals surface area contributed by atoms with Crippen LogP contribution in [-0.2, 0) is 19.4 Å². The Kier molecular flexibility index (Phi) is 6.81. The van der Waals surface area contributed by atoms with E-state index in [-0.39, 0.29) is 4.90 Å². The fourth-order valence-corrected chi connectivity index (χ4v) is 2.78. The van der Waals surface area contributed by atoms with Gasteiger partial charge in [0.1, 0.15) is 4.90 Å². The summed E-state index contributed by atoms with van der Waals surface area (Å²) in [7, 11) is -2.18. The van der Waals surface area contributed by atoms with E-state index in [0.29, 0.717) is 16.3 Å². The average Bonchev–Trinajstić information content (AvgIpc) is 2.61. The Morgan fingerprint density at radius 2 is 2.12 bits per heavy atom. The van der Waals surface area contributed by atoms with Gasteiger partial charge in [0.15, 0.2) is 0 Å². The lowest BCUT2D eigenvalue weighted by atomic mass is 10.2. The second kappa shape index (κ2) is 8.84. The normalized spacial score (nSPS) is 11.9. The largest absolute Gasteiger partial charge is 0.691 e. The van der Waals surface area contributed by atoms with Crippen molar-refractivity contribution in [3.05, 3.63) is 48.2 Å². The molecular formula is C13H14N4O5S2. The van der Waals surface area contributed by atoms with E-state index in [2.05, 4.69) is 24.2 Å². The van der Waals surface area contributed by atoms with Crippen LogP contribution in [0.4, 0.5) is 5.82 Å². The molecule has 0 amide bonds. The Morgan fingerprint density at radius 3 is 2.79 bits per heavy atom. The number of pyridine rings is 1. The van der Waals surface area contributed by atoms with Gasteiger partial charge in [-0.15, -0.1) is 0 Å². The molecule has 0 aliphatic heterocycles. The number of rotatable bonds is 8. The Morgan fingerprint density at radius 1 is 1.33 bits per heavy atom. The van der Waals surface area contributed by atoms with E-state index in [0.717, 1.165) is 12.0 Å². The number of hydrogen-bond acceptors (Lipinski definition) is 8. The van der Waals surface area contributed by atoms with Crippen LogP contribution in [0.5, 0.6) is 0 Å². The molecule has 0 radical (unpaired) electrons. The smallest absolute Gasteiger partial charge is 0.250 e. The molecule has 2 rings (SSSR count). The molecule has 0 saturated heterocycles. The van der Waals surface area contributed by atoms with Crippen LogP contribution in [0.1, 0.15) is 5.56 Å². The van der Waals surface area contributed by atoms with E-state index in [9.17, 15) is 13.7 Å². The maximum atomic E-state index is 11.6. The van der Waals surface area contributed by atoms with Crippen molar-refractivity contribution < 1.29 is 28.5 Å². The molecule has 1 aromatic carbocycles. The summed E-state index contributed by atoms with van der Waals surface area (Å²) in [5.41, 5.74) is 2.19. The predicted octanol–water partition coefficient (Wildman–Crippen LogP) is -0.551. The fraction of sp³-hybridized carbons (Fsp3) is 0.0769. The fourth-order valence-electron chi connectivity index (χ4n) is 1.65. The summed E-state index contributed by atoms with van der Waals surface area (Å²) >= 11 is 0.771. The molecule has 0 unspecified atom stereocenters. The molecule has 9 nitrogen and oxygen atoms in total. The number of nitrogens with one attached hydrogen (secondary N) is 1. The van der Waals surface area contributed by atoms with E-state index in [1.807, 2.05) is 0 Å². The first-order chi connectivity index (χ1) is 11.6. The molecule has 24 heavy (non-hydrogen) atoms. The first-order valence-electron chi connectivity index (χ1n) is 6.55. The first kappa shape index (κ1) is 18.5. The molecule has 1 heterocycles. The summed E-state index contributed by atoms with van der Waals surface area (Å²) in [6.45, 7) is 0. The highest BCUT2D eigenvalue weighted by Crippen LogP contribution is 2.21. The first-order valence-corrected chi connectivity index (χ1v) is 8.77. The summed E-state index contributed by atoms with van der Waals surface area (Å²) in [4.78, 5) is 4.74. The predicted molar refractivity (Wildman–Crippen MR) is 84.1 cm³/mol. The SMILES string of the molecule is CNS(=O)(=O)c1ccc([NH2+]/N=C/c2ccccc2SOO[O-])nc1. The molecule has 0 aliphatic carbocycles. The van der Waals surface area contributed by atoms with E-state index in [1.165, 1.54) is 30.8 Å². The van der Waals surface area contributed by atoms with Gasteiger partial charge in [0.2, 0.25) is 10.0 Å². The summed E-state index contributed by atoms with van der Waals surface area (Å²) in [5.74, 6) is 0.491. The maximum absolute atomic E-state index is 11.6. The number of nitrogens with zero attached hydrogens (tertiary/aromatic N) is 2. The summed E-state index contributed by atoms with van der Waals surface area (Å²) < 4.78 is 29.7. The van der Waals surface area contributed by atoms with Crippen LogP contribution in [0, 0.1) is 0 Å². The number of quaternary nitrogens is 1. The highest BCUT2D eigenvalue weighted by atomic mass is 32.2. The minimum Gasteiger partial charge on any atom is -0.691 e. The van der Waals surface area contributed by atoms with Crippen LogP contribution in [0.15, 0.2) is 57.5 Å². The van der Waals surface area contributed by atoms with Gasteiger partial charge in [0.25, 0.3) is 5.82 Å². The molecule has 0 bridgehead atoms. The molecule has 2 aromatic rings. The lowest BCUT2D eigenvalue weighted by Gasteiger charge is -2.05. The number of nitrogens with two attached hydrogens (primary N) is 1. The minimum absolute atomic E-state index is 0.0719. The molecule has 0 aliphatic rings. The highest BCUT2D eigenvalue weighted by Gasteiger charge is 2.12. The van der Waals surface area contributed by atoms with Gasteiger partial charge < -0.3 is 5.26 Å². The van der Waals surface area contributed by atoms with E-state index < -0.39 is 10.0 Å². The van der Waals surface area contributed by atoms with Crippen molar-refractivity contribution in [3.8, 4) is 0 Å². The standard InChI is InChI=1S/C13H14N4O5S2/c1-14-24(19,20)11-6-7-13(15-9-11)17-16-8-10-4-2-3-5-12(10)23-22-21-18/h2-9,14,18H,1H3,(H,15,17)/b16-8+. The van der Waals surface area contributed by atoms with Gasteiger partial charge in [-0.2, -0.15) is 9.76 Å². The van der Waals surface area contributed by atoms with Crippen LogP contribution in [0.2, 0.25) is 0 Å². The molecule has 11 heteroatoms. The van der Waals surface area contributed by atoms with Crippen LogP contribution in [-0.4, -0.2) is 26.7 Å². The highest BCUT2D eigenvalue weighted by molar-refractivity contribution is 7.94. The maximum Gasteiger partial charge on any atom is 0.250 e. The number of hydrogen-bond donors (Lipinski definition) is 2. The zero-order valence-corrected chi connectivity index (χ0v) is 14.1. The second-order valence-corrected chi connectivity index (χ2v) is 6.92. The van der Waals surface area contributed by atoms with Gasteiger partial charge in [-0.3, -0.25) is 5.04 Å². The monoisotopic (exact) mass is 370 g/mol. The molecule has 128 valence electrons. The number of aromatic nitrogens is 1. The zero-order chi connectivity index (χ0) is 17.4. The van der Waals surface area contributed by atoms with Gasteiger partial charge in [-0.1, -0.05) is 23.3 Å². The molecule has 0 fully saturated rings. The number of benzene rings is 1. The molecular weight excluding hydrogens is 356 g/mol. The van der Waals surface area contributed by atoms with Crippen molar-refractivity contribution in [2.24, 2.45) is 5.10 Å². The third-order valence-corrected chi connectivity index (χ3v) is 4.90. The van der Waals surface area contributed by atoms with Gasteiger partial charge in [0.05, 0.1) is 24.5 Å². The van der Waals surface area contributed by atoms with Gasteiger partial charge in [0, 0.05) is 16.5 Å². The lowest BCUT2D eigenvalue weighted by Crippen LogP contribution is -2.71. The molecule has 0 atom stereocenters. The van der Waals surface area contributed by atoms with Crippen LogP contribution in [0.25, 0.3) is 0 Å². The van der Waals surface area contributed by atoms with E-state index >= 15 is 0 Å². The summed E-state index contributed by atoms with van der Waals surface area (Å²) in [6, 6.07) is 10.1. The van der Waals surface area contributed by atoms with Crippen molar-refractivity contribution in [1.29, 1.82) is 0 Å². The number of sulfonamides is 1. The Hall–Kier alpha value is -1.86. The van der Waals surface area contributed by atoms with Crippen molar-refractivity contribution >= 4 is 34.1 Å². The topological polar surface area (TPSA) is 130 Å². The summed E-state index contributed by atoms with van der Waals surface area (Å²) in [6.07, 6.45) is 2.80. The van der Waals surface area contributed by atoms with Crippen molar-refractivity contribution in [2.75, 3.05) is 7.05 Å². The van der Waals surface area contributed by atoms with Crippen molar-refractivity contribution in [2.45, 2.75) is 9.79 Å². The second-order valence-electron chi connectivity index (χ2n) is 4.29. The summed E-state index contributed by atoms with van der Waals surface area (Å²) in [5, 5.41) is 17.3. The Labute approximate surface area is 142 Å². The van der Waals surface area contributed by atoms with Crippen LogP contribution >= 0.6 is 12.0 Å². The van der Waals surface area contributed by atoms with Gasteiger partial charge in [-0.05, 0) is 19.2 Å². The third kappa shape index (κ3) is 5.07. The van der Waals surface area contributed by atoms with Crippen LogP contribution in [0.3, 0.4) is 0 Å². The van der Waals surface area contributed by atoms with E-state index in [1.54, 1.807) is 30.5 Å². The third-order valence-electron chi connectivity index (χ3n) is 2.83. The van der Waals surface area contributed by atoms with Crippen molar-refractivity contribution in [1.82, 2.24) is 9.71 Å².